The Kier molecular flexibility index (Phi) is 3.92. The molecular formula is C16H22N2O2. The van der Waals surface area contributed by atoms with Crippen molar-refractivity contribution in [3.63, 3.8) is 0 Å². The highest BCUT2D eigenvalue weighted by Crippen LogP contribution is 2.28. The molecule has 1 aromatic rings. The minimum absolute atomic E-state index is 0.701. The zero-order valence-corrected chi connectivity index (χ0v) is 12.3. The van der Waals surface area contributed by atoms with Crippen molar-refractivity contribution < 1.29 is 9.47 Å². The summed E-state index contributed by atoms with van der Waals surface area (Å²) >= 11 is 0. The van der Waals surface area contributed by atoms with Crippen molar-refractivity contribution >= 4 is 5.71 Å². The fourth-order valence-corrected chi connectivity index (χ4v) is 3.13. The minimum Gasteiger partial charge on any atom is -0.497 e. The van der Waals surface area contributed by atoms with Gasteiger partial charge in [0.15, 0.2) is 0 Å². The molecule has 0 amide bonds. The molecule has 0 spiro atoms. The third-order valence-electron chi connectivity index (χ3n) is 4.39. The van der Waals surface area contributed by atoms with Gasteiger partial charge in [0.05, 0.1) is 20.8 Å². The molecule has 0 radical (unpaired) electrons. The molecule has 0 atom stereocenters. The topological polar surface area (TPSA) is 34.1 Å². The number of fused-ring (bicyclic) bond motifs is 3. The highest BCUT2D eigenvalue weighted by molar-refractivity contribution is 5.90. The van der Waals surface area contributed by atoms with E-state index in [1.807, 2.05) is 18.2 Å². The molecule has 4 heteroatoms. The van der Waals surface area contributed by atoms with Gasteiger partial charge in [0.2, 0.25) is 0 Å². The van der Waals surface area contributed by atoms with E-state index in [9.17, 15) is 0 Å². The number of ether oxygens (including phenoxy) is 2. The SMILES string of the molecule is COc1ccc(C/N=C2/CN3CCC2CC3)c(OC)c1. The molecule has 3 saturated heterocycles. The first-order chi connectivity index (χ1) is 9.80. The van der Waals surface area contributed by atoms with Gasteiger partial charge in [0, 0.05) is 29.8 Å². The first kappa shape index (κ1) is 13.4. The van der Waals surface area contributed by atoms with E-state index in [0.717, 1.165) is 23.6 Å². The molecule has 3 heterocycles. The van der Waals surface area contributed by atoms with Crippen molar-refractivity contribution in [2.45, 2.75) is 19.4 Å². The average Bonchev–Trinajstić information content (AvgIpc) is 2.54. The second-order valence-corrected chi connectivity index (χ2v) is 5.54. The maximum atomic E-state index is 5.43. The highest BCUT2D eigenvalue weighted by Gasteiger charge is 2.30. The molecule has 3 fully saturated rings. The summed E-state index contributed by atoms with van der Waals surface area (Å²) in [5.41, 5.74) is 2.50. The van der Waals surface area contributed by atoms with Crippen LogP contribution in [0.4, 0.5) is 0 Å². The third-order valence-corrected chi connectivity index (χ3v) is 4.39. The first-order valence-corrected chi connectivity index (χ1v) is 7.26. The van der Waals surface area contributed by atoms with Crippen LogP contribution in [0.25, 0.3) is 0 Å². The minimum atomic E-state index is 0.701. The van der Waals surface area contributed by atoms with Crippen LogP contribution in [0, 0.1) is 5.92 Å². The van der Waals surface area contributed by atoms with Crippen LogP contribution < -0.4 is 9.47 Å². The molecule has 0 aromatic heterocycles. The van der Waals surface area contributed by atoms with E-state index < -0.39 is 0 Å². The lowest BCUT2D eigenvalue weighted by atomic mass is 9.86. The van der Waals surface area contributed by atoms with E-state index in [-0.39, 0.29) is 0 Å². The Hall–Kier alpha value is -1.55. The largest absolute Gasteiger partial charge is 0.497 e. The number of methoxy groups -OCH3 is 2. The van der Waals surface area contributed by atoms with Crippen LogP contribution in [0.2, 0.25) is 0 Å². The maximum Gasteiger partial charge on any atom is 0.127 e. The van der Waals surface area contributed by atoms with Crippen molar-refractivity contribution in [2.24, 2.45) is 10.9 Å². The predicted octanol–water partition coefficient (Wildman–Crippen LogP) is 2.37. The van der Waals surface area contributed by atoms with Gasteiger partial charge >= 0.3 is 0 Å². The van der Waals surface area contributed by atoms with Crippen LogP contribution in [0.3, 0.4) is 0 Å². The summed E-state index contributed by atoms with van der Waals surface area (Å²) in [6.45, 7) is 4.25. The fraction of sp³-hybridized carbons (Fsp3) is 0.562. The summed E-state index contributed by atoms with van der Waals surface area (Å²) in [4.78, 5) is 7.36. The monoisotopic (exact) mass is 274 g/mol. The average molecular weight is 274 g/mol. The smallest absolute Gasteiger partial charge is 0.127 e. The number of benzene rings is 1. The lowest BCUT2D eigenvalue weighted by Crippen LogP contribution is -2.47. The van der Waals surface area contributed by atoms with Gasteiger partial charge in [-0.15, -0.1) is 0 Å². The highest BCUT2D eigenvalue weighted by atomic mass is 16.5. The quantitative estimate of drug-likeness (QED) is 0.845. The standard InChI is InChI=1S/C16H22N2O2/c1-19-14-4-3-13(16(9-14)20-2)10-17-15-11-18-7-5-12(15)6-8-18/h3-4,9,12H,5-8,10-11H2,1-2H3/b17-15-. The molecule has 0 unspecified atom stereocenters. The zero-order chi connectivity index (χ0) is 13.9. The lowest BCUT2D eigenvalue weighted by Gasteiger charge is -2.40. The van der Waals surface area contributed by atoms with Crippen molar-refractivity contribution in [1.82, 2.24) is 4.90 Å². The molecule has 20 heavy (non-hydrogen) atoms. The Labute approximate surface area is 120 Å². The fourth-order valence-electron chi connectivity index (χ4n) is 3.13. The Morgan fingerprint density at radius 1 is 1.20 bits per heavy atom. The van der Waals surface area contributed by atoms with Gasteiger partial charge in [-0.1, -0.05) is 0 Å². The number of piperidine rings is 3. The Morgan fingerprint density at radius 3 is 2.60 bits per heavy atom. The van der Waals surface area contributed by atoms with Crippen LogP contribution in [0.1, 0.15) is 18.4 Å². The van der Waals surface area contributed by atoms with E-state index in [4.69, 9.17) is 14.5 Å². The van der Waals surface area contributed by atoms with Crippen molar-refractivity contribution in [3.05, 3.63) is 23.8 Å². The molecule has 4 rings (SSSR count). The maximum absolute atomic E-state index is 5.43. The number of rotatable bonds is 4. The van der Waals surface area contributed by atoms with Gasteiger partial charge in [0.1, 0.15) is 11.5 Å². The van der Waals surface area contributed by atoms with Gasteiger partial charge in [0.25, 0.3) is 0 Å². The van der Waals surface area contributed by atoms with E-state index >= 15 is 0 Å². The zero-order valence-electron chi connectivity index (χ0n) is 12.3. The van der Waals surface area contributed by atoms with Crippen LogP contribution in [-0.4, -0.2) is 44.5 Å². The predicted molar refractivity (Wildman–Crippen MR) is 79.8 cm³/mol. The molecule has 0 N–H and O–H groups in total. The first-order valence-electron chi connectivity index (χ1n) is 7.26. The van der Waals surface area contributed by atoms with Crippen molar-refractivity contribution in [3.8, 4) is 11.5 Å². The van der Waals surface area contributed by atoms with Gasteiger partial charge in [-0.25, -0.2) is 0 Å². The number of aliphatic imine (C=N–C) groups is 1. The van der Waals surface area contributed by atoms with E-state index in [2.05, 4.69) is 4.90 Å². The van der Waals surface area contributed by atoms with Gasteiger partial charge in [-0.2, -0.15) is 0 Å². The van der Waals surface area contributed by atoms with E-state index in [1.54, 1.807) is 14.2 Å². The third kappa shape index (κ3) is 2.66. The summed E-state index contributed by atoms with van der Waals surface area (Å²) < 4.78 is 10.7. The number of hydrogen-bond acceptors (Lipinski definition) is 4. The van der Waals surface area contributed by atoms with Crippen LogP contribution >= 0.6 is 0 Å². The number of nitrogens with zero attached hydrogens (tertiary/aromatic N) is 2. The molecule has 2 bridgehead atoms. The second kappa shape index (κ2) is 5.83. The van der Waals surface area contributed by atoms with Gasteiger partial charge in [-0.3, -0.25) is 9.89 Å². The lowest BCUT2D eigenvalue weighted by molar-refractivity contribution is 0.200. The van der Waals surface area contributed by atoms with Gasteiger partial charge in [-0.05, 0) is 38.1 Å². The molecular weight excluding hydrogens is 252 g/mol. The molecule has 1 aromatic carbocycles. The summed E-state index contributed by atoms with van der Waals surface area (Å²) in [7, 11) is 3.36. The molecule has 0 saturated carbocycles. The summed E-state index contributed by atoms with van der Waals surface area (Å²) in [5.74, 6) is 2.39. The molecule has 0 aliphatic carbocycles. The number of hydrogen-bond donors (Lipinski definition) is 0. The molecule has 3 aliphatic heterocycles. The van der Waals surface area contributed by atoms with Crippen LogP contribution in [0.15, 0.2) is 23.2 Å². The van der Waals surface area contributed by atoms with Crippen molar-refractivity contribution in [2.75, 3.05) is 33.9 Å². The van der Waals surface area contributed by atoms with Crippen LogP contribution in [0.5, 0.6) is 11.5 Å². The van der Waals surface area contributed by atoms with E-state index in [0.29, 0.717) is 12.5 Å². The van der Waals surface area contributed by atoms with E-state index in [1.165, 1.54) is 31.6 Å². The Balaban J connectivity index is 1.74. The molecule has 108 valence electrons. The Bertz CT molecular complexity index is 505. The molecule has 3 aliphatic rings. The summed E-state index contributed by atoms with van der Waals surface area (Å²) in [5, 5.41) is 0. The normalized spacial score (nSPS) is 26.8. The summed E-state index contributed by atoms with van der Waals surface area (Å²) in [6, 6.07) is 5.93. The van der Waals surface area contributed by atoms with Crippen LogP contribution in [-0.2, 0) is 6.54 Å². The summed E-state index contributed by atoms with van der Waals surface area (Å²) in [6.07, 6.45) is 2.55. The second-order valence-electron chi connectivity index (χ2n) is 5.54. The Morgan fingerprint density at radius 2 is 2.00 bits per heavy atom. The van der Waals surface area contributed by atoms with Gasteiger partial charge < -0.3 is 9.47 Å². The molecule has 4 nitrogen and oxygen atoms in total. The van der Waals surface area contributed by atoms with Crippen molar-refractivity contribution in [1.29, 1.82) is 0 Å².